The van der Waals surface area contributed by atoms with Gasteiger partial charge < -0.3 is 5.11 Å². The van der Waals surface area contributed by atoms with Crippen LogP contribution in [0.25, 0.3) is 6.08 Å². The lowest BCUT2D eigenvalue weighted by atomic mass is 10.1. The normalized spacial score (nSPS) is 16.3. The van der Waals surface area contributed by atoms with Crippen LogP contribution in [0.5, 0.6) is 5.75 Å². The molecule has 2 aromatic rings. The molecule has 1 aliphatic rings. The minimum Gasteiger partial charge on any atom is -0.508 e. The van der Waals surface area contributed by atoms with E-state index in [4.69, 9.17) is 0 Å². The van der Waals surface area contributed by atoms with Gasteiger partial charge in [-0.05, 0) is 55.0 Å². The lowest BCUT2D eigenvalue weighted by Gasteiger charge is -2.11. The van der Waals surface area contributed by atoms with Crippen molar-refractivity contribution in [2.24, 2.45) is 5.10 Å². The van der Waals surface area contributed by atoms with Crippen LogP contribution in [0.15, 0.2) is 63.7 Å². The largest absolute Gasteiger partial charge is 0.508 e. The van der Waals surface area contributed by atoms with E-state index >= 15 is 0 Å². The molecule has 1 aliphatic heterocycles. The molecule has 0 bridgehead atoms. The molecule has 0 spiro atoms. The number of carbonyl (C=O) groups excluding carboxylic acids is 1. The van der Waals surface area contributed by atoms with Crippen molar-refractivity contribution in [2.45, 2.75) is 6.92 Å². The summed E-state index contributed by atoms with van der Waals surface area (Å²) in [6.07, 6.45) is 1.74. The van der Waals surface area contributed by atoms with E-state index in [9.17, 15) is 9.90 Å². The van der Waals surface area contributed by atoms with Crippen LogP contribution in [0, 0.1) is 0 Å². The molecule has 0 fully saturated rings. The zero-order chi connectivity index (χ0) is 15.7. The number of phenolic OH excluding ortho intramolecular Hbond substituents is 1. The lowest BCUT2D eigenvalue weighted by molar-refractivity contribution is -0.114. The maximum Gasteiger partial charge on any atom is 0.280 e. The first kappa shape index (κ1) is 14.5. The summed E-state index contributed by atoms with van der Waals surface area (Å²) < 4.78 is 0.944. The third kappa shape index (κ3) is 2.80. The highest BCUT2D eigenvalue weighted by Gasteiger charge is 2.28. The van der Waals surface area contributed by atoms with Gasteiger partial charge in [0, 0.05) is 4.47 Å². The van der Waals surface area contributed by atoms with Gasteiger partial charge in [0.1, 0.15) is 5.75 Å². The molecule has 0 saturated heterocycles. The van der Waals surface area contributed by atoms with Gasteiger partial charge in [-0.3, -0.25) is 4.79 Å². The van der Waals surface area contributed by atoms with Crippen LogP contribution in [0.1, 0.15) is 12.5 Å². The Morgan fingerprint density at radius 3 is 2.59 bits per heavy atom. The first-order chi connectivity index (χ1) is 10.5. The molecule has 0 unspecified atom stereocenters. The smallest absolute Gasteiger partial charge is 0.280 e. The number of hydrogen-bond donors (Lipinski definition) is 1. The summed E-state index contributed by atoms with van der Waals surface area (Å²) in [5.74, 6) is -0.0117. The van der Waals surface area contributed by atoms with Crippen LogP contribution in [0.4, 0.5) is 5.69 Å². The highest BCUT2D eigenvalue weighted by atomic mass is 79.9. The molecule has 1 heterocycles. The molecule has 2 aromatic carbocycles. The summed E-state index contributed by atoms with van der Waals surface area (Å²) in [6.45, 7) is 1.80. The van der Waals surface area contributed by atoms with Gasteiger partial charge in [-0.2, -0.15) is 10.1 Å². The van der Waals surface area contributed by atoms with Gasteiger partial charge in [0.05, 0.1) is 17.0 Å². The summed E-state index contributed by atoms with van der Waals surface area (Å²) in [7, 11) is 0. The number of rotatable bonds is 2. The van der Waals surface area contributed by atoms with E-state index in [2.05, 4.69) is 21.0 Å². The van der Waals surface area contributed by atoms with Crippen molar-refractivity contribution >= 4 is 39.3 Å². The topological polar surface area (TPSA) is 52.9 Å². The standard InChI is InChI=1S/C17H13BrN2O2/c1-11-16(10-12-3-2-4-15(21)9-12)17(22)20(19-11)14-7-5-13(18)6-8-14/h2-10,21H,1H3/b16-10+. The molecule has 0 atom stereocenters. The zero-order valence-corrected chi connectivity index (χ0v) is 13.4. The maximum atomic E-state index is 12.6. The van der Waals surface area contributed by atoms with Crippen molar-refractivity contribution in [3.05, 3.63) is 64.1 Å². The first-order valence-electron chi connectivity index (χ1n) is 6.71. The second-order valence-electron chi connectivity index (χ2n) is 4.93. The van der Waals surface area contributed by atoms with Crippen LogP contribution in [-0.2, 0) is 4.79 Å². The monoisotopic (exact) mass is 356 g/mol. The van der Waals surface area contributed by atoms with E-state index in [0.29, 0.717) is 17.0 Å². The van der Waals surface area contributed by atoms with Gasteiger partial charge in [0.15, 0.2) is 0 Å². The van der Waals surface area contributed by atoms with Gasteiger partial charge in [0.25, 0.3) is 5.91 Å². The molecule has 1 N–H and O–H groups in total. The fourth-order valence-corrected chi connectivity index (χ4v) is 2.49. The molecule has 0 aromatic heterocycles. The van der Waals surface area contributed by atoms with E-state index in [1.807, 2.05) is 30.3 Å². The molecule has 5 heteroatoms. The molecular formula is C17H13BrN2O2. The molecule has 110 valence electrons. The SMILES string of the molecule is CC1=NN(c2ccc(Br)cc2)C(=O)/C1=C/c1cccc(O)c1. The molecular weight excluding hydrogens is 344 g/mol. The number of benzene rings is 2. The maximum absolute atomic E-state index is 12.6. The number of amides is 1. The third-order valence-electron chi connectivity index (χ3n) is 3.31. The Kier molecular flexibility index (Phi) is 3.81. The quantitative estimate of drug-likeness (QED) is 0.828. The van der Waals surface area contributed by atoms with Crippen molar-refractivity contribution in [2.75, 3.05) is 5.01 Å². The number of hydrogen-bond acceptors (Lipinski definition) is 3. The minimum absolute atomic E-state index is 0.166. The molecule has 4 nitrogen and oxygen atoms in total. The Balaban J connectivity index is 1.94. The average molecular weight is 357 g/mol. The van der Waals surface area contributed by atoms with Crippen LogP contribution < -0.4 is 5.01 Å². The number of anilines is 1. The van der Waals surface area contributed by atoms with Gasteiger partial charge in [-0.1, -0.05) is 28.1 Å². The minimum atomic E-state index is -0.178. The Labute approximate surface area is 136 Å². The number of halogens is 1. The second-order valence-corrected chi connectivity index (χ2v) is 5.85. The van der Waals surface area contributed by atoms with Crippen molar-refractivity contribution in [3.63, 3.8) is 0 Å². The number of nitrogens with zero attached hydrogens (tertiary/aromatic N) is 2. The number of hydrazone groups is 1. The average Bonchev–Trinajstić information content (AvgIpc) is 2.76. The van der Waals surface area contributed by atoms with Gasteiger partial charge in [0.2, 0.25) is 0 Å². The highest BCUT2D eigenvalue weighted by Crippen LogP contribution is 2.26. The van der Waals surface area contributed by atoms with E-state index in [1.165, 1.54) is 5.01 Å². The van der Waals surface area contributed by atoms with E-state index in [0.717, 1.165) is 10.0 Å². The third-order valence-corrected chi connectivity index (χ3v) is 3.84. The Morgan fingerprint density at radius 1 is 1.18 bits per heavy atom. The highest BCUT2D eigenvalue weighted by molar-refractivity contribution is 9.10. The summed E-state index contributed by atoms with van der Waals surface area (Å²) in [6, 6.07) is 14.2. The summed E-state index contributed by atoms with van der Waals surface area (Å²) in [5, 5.41) is 15.2. The lowest BCUT2D eigenvalue weighted by Crippen LogP contribution is -2.21. The summed E-state index contributed by atoms with van der Waals surface area (Å²) in [5.41, 5.74) is 2.65. The van der Waals surface area contributed by atoms with Crippen LogP contribution in [-0.4, -0.2) is 16.7 Å². The molecule has 0 radical (unpaired) electrons. The second kappa shape index (κ2) is 5.77. The van der Waals surface area contributed by atoms with Crippen molar-refractivity contribution in [1.82, 2.24) is 0 Å². The first-order valence-corrected chi connectivity index (χ1v) is 7.50. The predicted octanol–water partition coefficient (Wildman–Crippen LogP) is 3.96. The van der Waals surface area contributed by atoms with E-state index in [-0.39, 0.29) is 11.7 Å². The predicted molar refractivity (Wildman–Crippen MR) is 90.8 cm³/mol. The molecule has 22 heavy (non-hydrogen) atoms. The number of aromatic hydroxyl groups is 1. The van der Waals surface area contributed by atoms with Crippen molar-refractivity contribution in [3.8, 4) is 5.75 Å². The summed E-state index contributed by atoms with van der Waals surface area (Å²) >= 11 is 3.37. The Morgan fingerprint density at radius 2 is 1.91 bits per heavy atom. The molecule has 1 amide bonds. The Bertz CT molecular complexity index is 795. The number of phenols is 1. The van der Waals surface area contributed by atoms with Crippen molar-refractivity contribution in [1.29, 1.82) is 0 Å². The molecule has 0 saturated carbocycles. The van der Waals surface area contributed by atoms with Crippen LogP contribution >= 0.6 is 15.9 Å². The zero-order valence-electron chi connectivity index (χ0n) is 11.8. The fourth-order valence-electron chi connectivity index (χ4n) is 2.22. The van der Waals surface area contributed by atoms with E-state index < -0.39 is 0 Å². The van der Waals surface area contributed by atoms with Gasteiger partial charge >= 0.3 is 0 Å². The Hall–Kier alpha value is -2.40. The van der Waals surface area contributed by atoms with Crippen molar-refractivity contribution < 1.29 is 9.90 Å². The van der Waals surface area contributed by atoms with E-state index in [1.54, 1.807) is 31.2 Å². The molecule has 3 rings (SSSR count). The summed E-state index contributed by atoms with van der Waals surface area (Å²) in [4.78, 5) is 12.6. The van der Waals surface area contributed by atoms with Crippen LogP contribution in [0.2, 0.25) is 0 Å². The molecule has 0 aliphatic carbocycles. The fraction of sp³-hybridized carbons (Fsp3) is 0.0588. The van der Waals surface area contributed by atoms with Gasteiger partial charge in [-0.15, -0.1) is 0 Å². The number of carbonyl (C=O) groups is 1. The van der Waals surface area contributed by atoms with Gasteiger partial charge in [-0.25, -0.2) is 0 Å². The van der Waals surface area contributed by atoms with Crippen LogP contribution in [0.3, 0.4) is 0 Å².